The van der Waals surface area contributed by atoms with Crippen molar-refractivity contribution in [1.29, 1.82) is 0 Å². The number of nitrogens with zero attached hydrogens (tertiary/aromatic N) is 2. The van der Waals surface area contributed by atoms with Crippen LogP contribution in [-0.4, -0.2) is 36.5 Å². The minimum Gasteiger partial charge on any atom is -0.300 e. The fraction of sp³-hybridized carbons (Fsp3) is 0.182. The van der Waals surface area contributed by atoms with Crippen LogP contribution in [0.1, 0.15) is 0 Å². The Kier molecular flexibility index (Phi) is 4.73. The molecule has 0 aliphatic carbocycles. The van der Waals surface area contributed by atoms with Crippen molar-refractivity contribution in [3.05, 3.63) is 30.3 Å². The van der Waals surface area contributed by atoms with Crippen LogP contribution in [0.3, 0.4) is 0 Å². The minimum absolute atomic E-state index is 0.122. The Balaban J connectivity index is 2.04. The number of aromatic nitrogens is 2. The van der Waals surface area contributed by atoms with Crippen LogP contribution < -0.4 is 5.32 Å². The van der Waals surface area contributed by atoms with Gasteiger partial charge in [0.2, 0.25) is 11.0 Å². The van der Waals surface area contributed by atoms with Gasteiger partial charge in [-0.1, -0.05) is 41.3 Å². The van der Waals surface area contributed by atoms with Crippen molar-refractivity contribution in [2.75, 3.05) is 17.3 Å². The second-order valence-electron chi connectivity index (χ2n) is 3.70. The first-order valence-corrected chi connectivity index (χ1v) is 9.16. The van der Waals surface area contributed by atoms with Crippen LogP contribution in [-0.2, 0) is 14.6 Å². The van der Waals surface area contributed by atoms with Crippen molar-refractivity contribution in [1.82, 2.24) is 10.2 Å². The Morgan fingerprint density at radius 2 is 2.00 bits per heavy atom. The first kappa shape index (κ1) is 14.9. The third kappa shape index (κ3) is 3.78. The molecule has 0 spiro atoms. The molecule has 0 fully saturated rings. The number of carbonyl (C=O) groups excluding carboxylic acids is 1. The van der Waals surface area contributed by atoms with Crippen molar-refractivity contribution in [3.63, 3.8) is 0 Å². The van der Waals surface area contributed by atoms with Gasteiger partial charge in [-0.15, -0.1) is 10.2 Å². The Morgan fingerprint density at radius 1 is 1.30 bits per heavy atom. The molecule has 0 atom stereocenters. The van der Waals surface area contributed by atoms with Gasteiger partial charge in [0, 0.05) is 0 Å². The average Bonchev–Trinajstić information content (AvgIpc) is 2.86. The normalized spacial score (nSPS) is 11.2. The number of nitrogens with one attached hydrogen (secondary N) is 1. The molecule has 0 bridgehead atoms. The molecular weight excluding hydrogens is 318 g/mol. The highest BCUT2D eigenvalue weighted by Crippen LogP contribution is 2.23. The predicted molar refractivity (Wildman–Crippen MR) is 78.8 cm³/mol. The summed E-state index contributed by atoms with van der Waals surface area (Å²) in [5.74, 6) is -1.25. The summed E-state index contributed by atoms with van der Waals surface area (Å²) in [7, 11) is -3.64. The molecule has 0 aliphatic heterocycles. The van der Waals surface area contributed by atoms with Gasteiger partial charge in [0.05, 0.1) is 4.90 Å². The Morgan fingerprint density at radius 3 is 2.60 bits per heavy atom. The van der Waals surface area contributed by atoms with Crippen LogP contribution in [0.15, 0.2) is 39.6 Å². The van der Waals surface area contributed by atoms with E-state index in [-0.39, 0.29) is 4.90 Å². The summed E-state index contributed by atoms with van der Waals surface area (Å²) in [4.78, 5) is 11.9. The molecule has 0 radical (unpaired) electrons. The SMILES string of the molecule is CSc1nnc(NC(=O)CS(=O)(=O)c2ccccc2)s1. The molecule has 1 amide bonds. The summed E-state index contributed by atoms with van der Waals surface area (Å²) in [6.07, 6.45) is 1.84. The average molecular weight is 329 g/mol. The van der Waals surface area contributed by atoms with Gasteiger partial charge in [0.25, 0.3) is 0 Å². The van der Waals surface area contributed by atoms with E-state index in [1.54, 1.807) is 18.2 Å². The van der Waals surface area contributed by atoms with Gasteiger partial charge in [-0.25, -0.2) is 8.42 Å². The molecule has 0 saturated carbocycles. The van der Waals surface area contributed by atoms with Gasteiger partial charge >= 0.3 is 0 Å². The Labute approximate surface area is 124 Å². The van der Waals surface area contributed by atoms with Crippen LogP contribution >= 0.6 is 23.1 Å². The summed E-state index contributed by atoms with van der Waals surface area (Å²) in [5, 5.41) is 10.3. The molecule has 1 aromatic heterocycles. The fourth-order valence-corrected chi connectivity index (χ4v) is 3.72. The van der Waals surface area contributed by atoms with Gasteiger partial charge in [-0.3, -0.25) is 10.1 Å². The molecule has 6 nitrogen and oxygen atoms in total. The maximum absolute atomic E-state index is 12.0. The van der Waals surface area contributed by atoms with E-state index < -0.39 is 21.5 Å². The molecular formula is C11H11N3O3S3. The maximum atomic E-state index is 12.0. The number of carbonyl (C=O) groups is 1. The van der Waals surface area contributed by atoms with Gasteiger partial charge in [0.1, 0.15) is 5.75 Å². The minimum atomic E-state index is -3.64. The molecule has 106 valence electrons. The van der Waals surface area contributed by atoms with Crippen molar-refractivity contribution in [3.8, 4) is 0 Å². The Hall–Kier alpha value is -1.45. The van der Waals surface area contributed by atoms with E-state index in [2.05, 4.69) is 15.5 Å². The summed E-state index contributed by atoms with van der Waals surface area (Å²) < 4.78 is 24.7. The summed E-state index contributed by atoms with van der Waals surface area (Å²) >= 11 is 2.60. The monoisotopic (exact) mass is 329 g/mol. The van der Waals surface area contributed by atoms with Gasteiger partial charge < -0.3 is 0 Å². The number of rotatable bonds is 5. The smallest absolute Gasteiger partial charge is 0.241 e. The first-order chi connectivity index (χ1) is 9.51. The molecule has 1 N–H and O–H groups in total. The van der Waals surface area contributed by atoms with E-state index in [4.69, 9.17) is 0 Å². The zero-order valence-corrected chi connectivity index (χ0v) is 12.9. The van der Waals surface area contributed by atoms with Crippen LogP contribution in [0.5, 0.6) is 0 Å². The topological polar surface area (TPSA) is 89.0 Å². The largest absolute Gasteiger partial charge is 0.300 e. The van der Waals surface area contributed by atoms with Crippen LogP contribution in [0.25, 0.3) is 0 Å². The molecule has 2 aromatic rings. The van der Waals surface area contributed by atoms with Gasteiger partial charge in [-0.2, -0.15) is 0 Å². The second kappa shape index (κ2) is 6.33. The van der Waals surface area contributed by atoms with E-state index in [0.717, 1.165) is 0 Å². The lowest BCUT2D eigenvalue weighted by atomic mass is 10.4. The molecule has 0 aliphatic rings. The number of sulfone groups is 1. The van der Waals surface area contributed by atoms with E-state index in [1.807, 2.05) is 6.26 Å². The van der Waals surface area contributed by atoms with Crippen molar-refractivity contribution in [2.24, 2.45) is 0 Å². The highest BCUT2D eigenvalue weighted by atomic mass is 32.2. The van der Waals surface area contributed by atoms with Crippen molar-refractivity contribution in [2.45, 2.75) is 9.24 Å². The van der Waals surface area contributed by atoms with E-state index in [9.17, 15) is 13.2 Å². The zero-order chi connectivity index (χ0) is 14.6. The molecule has 1 aromatic carbocycles. The summed E-state index contributed by atoms with van der Waals surface area (Å²) in [6, 6.07) is 7.85. The fourth-order valence-electron chi connectivity index (χ4n) is 1.38. The quantitative estimate of drug-likeness (QED) is 0.663. The standard InChI is InChI=1S/C11H11N3O3S3/c1-18-11-14-13-10(19-11)12-9(15)7-20(16,17)8-5-3-2-4-6-8/h2-6H,7H2,1H3,(H,12,13,15). The number of benzene rings is 1. The lowest BCUT2D eigenvalue weighted by molar-refractivity contribution is -0.113. The predicted octanol–water partition coefficient (Wildman–Crippen LogP) is 1.67. The molecule has 0 saturated heterocycles. The summed E-state index contributed by atoms with van der Waals surface area (Å²) in [6.45, 7) is 0. The molecule has 20 heavy (non-hydrogen) atoms. The maximum Gasteiger partial charge on any atom is 0.241 e. The van der Waals surface area contributed by atoms with E-state index >= 15 is 0 Å². The number of thioether (sulfide) groups is 1. The van der Waals surface area contributed by atoms with Crippen LogP contribution in [0.4, 0.5) is 5.13 Å². The van der Waals surface area contributed by atoms with Gasteiger partial charge in [-0.05, 0) is 18.4 Å². The Bertz CT molecular complexity index is 698. The summed E-state index contributed by atoms with van der Waals surface area (Å²) in [5.41, 5.74) is 0. The van der Waals surface area contributed by atoms with E-state index in [0.29, 0.717) is 9.47 Å². The van der Waals surface area contributed by atoms with Crippen LogP contribution in [0.2, 0.25) is 0 Å². The first-order valence-electron chi connectivity index (χ1n) is 5.46. The van der Waals surface area contributed by atoms with Crippen molar-refractivity contribution >= 4 is 44.0 Å². The third-order valence-electron chi connectivity index (χ3n) is 2.25. The molecule has 1 heterocycles. The number of anilines is 1. The number of hydrogen-bond acceptors (Lipinski definition) is 7. The lowest BCUT2D eigenvalue weighted by Gasteiger charge is -2.03. The number of hydrogen-bond donors (Lipinski definition) is 1. The zero-order valence-electron chi connectivity index (χ0n) is 10.4. The lowest BCUT2D eigenvalue weighted by Crippen LogP contribution is -2.22. The van der Waals surface area contributed by atoms with Crippen LogP contribution in [0, 0.1) is 0 Å². The second-order valence-corrected chi connectivity index (χ2v) is 7.72. The van der Waals surface area contributed by atoms with E-state index in [1.165, 1.54) is 35.2 Å². The molecule has 9 heteroatoms. The van der Waals surface area contributed by atoms with Gasteiger partial charge in [0.15, 0.2) is 14.2 Å². The highest BCUT2D eigenvalue weighted by molar-refractivity contribution is 8.00. The highest BCUT2D eigenvalue weighted by Gasteiger charge is 2.20. The molecule has 0 unspecified atom stereocenters. The number of amides is 1. The third-order valence-corrected chi connectivity index (χ3v) is 5.70. The van der Waals surface area contributed by atoms with Crippen molar-refractivity contribution < 1.29 is 13.2 Å². The molecule has 2 rings (SSSR count).